The minimum atomic E-state index is -2.44. The lowest BCUT2D eigenvalue weighted by atomic mass is 9.99. The second-order valence-corrected chi connectivity index (χ2v) is 7.14. The van der Waals surface area contributed by atoms with Crippen LogP contribution in [-0.4, -0.2) is 30.0 Å². The molecule has 0 bridgehead atoms. The third-order valence-electron chi connectivity index (χ3n) is 5.00. The Labute approximate surface area is 136 Å². The molecular weight excluding hydrogens is 280 g/mol. The summed E-state index contributed by atoms with van der Waals surface area (Å²) in [5, 5.41) is 0. The summed E-state index contributed by atoms with van der Waals surface area (Å²) in [4.78, 5) is 2.08. The number of hydrogen-bond acceptors (Lipinski definition) is 1. The molecule has 1 fully saturated rings. The highest BCUT2D eigenvalue weighted by Crippen LogP contribution is 2.31. The van der Waals surface area contributed by atoms with Crippen LogP contribution in [0.25, 0.3) is 0 Å². The predicted molar refractivity (Wildman–Crippen MR) is 91.7 cm³/mol. The topological polar surface area (TPSA) is 3.24 Å². The van der Waals surface area contributed by atoms with Crippen molar-refractivity contribution < 1.29 is 8.78 Å². The highest BCUT2D eigenvalue weighted by atomic mass is 19.3. The zero-order valence-electron chi connectivity index (χ0n) is 14.9. The molecule has 0 aromatic heterocycles. The fourth-order valence-corrected chi connectivity index (χ4v) is 3.55. The summed E-state index contributed by atoms with van der Waals surface area (Å²) in [5.74, 6) is -2.44. The molecule has 0 unspecified atom stereocenters. The number of alkyl halides is 2. The molecule has 22 heavy (non-hydrogen) atoms. The Hall–Kier alpha value is -0.180. The molecule has 1 rings (SSSR count). The van der Waals surface area contributed by atoms with E-state index in [2.05, 4.69) is 18.7 Å². The van der Waals surface area contributed by atoms with Gasteiger partial charge >= 0.3 is 0 Å². The van der Waals surface area contributed by atoms with Gasteiger partial charge < -0.3 is 0 Å². The third kappa shape index (κ3) is 8.45. The molecule has 0 atom stereocenters. The molecule has 1 aliphatic rings. The first kappa shape index (κ1) is 19.9. The van der Waals surface area contributed by atoms with Gasteiger partial charge in [0.15, 0.2) is 0 Å². The van der Waals surface area contributed by atoms with Gasteiger partial charge in [-0.15, -0.1) is 0 Å². The number of hydrogen-bond donors (Lipinski definition) is 0. The lowest BCUT2D eigenvalue weighted by Gasteiger charge is -2.28. The second kappa shape index (κ2) is 11.4. The summed E-state index contributed by atoms with van der Waals surface area (Å²) in [5.41, 5.74) is 0. The standard InChI is InChI=1S/C19H37F2N/c1-3-5-7-9-11-13-18(14-12-10-8-6-4-2)22-16-15-19(20,21)17-22/h18H,3-17H2,1-2H3. The van der Waals surface area contributed by atoms with Gasteiger partial charge in [-0.05, 0) is 12.8 Å². The van der Waals surface area contributed by atoms with E-state index in [0.29, 0.717) is 12.6 Å². The Morgan fingerprint density at radius 3 is 1.73 bits per heavy atom. The van der Waals surface area contributed by atoms with E-state index in [1.54, 1.807) is 0 Å². The Kier molecular flexibility index (Phi) is 10.3. The van der Waals surface area contributed by atoms with Crippen molar-refractivity contribution in [2.24, 2.45) is 0 Å². The molecule has 1 heterocycles. The van der Waals surface area contributed by atoms with Crippen molar-refractivity contribution >= 4 is 0 Å². The van der Waals surface area contributed by atoms with Gasteiger partial charge in [-0.1, -0.05) is 78.1 Å². The first-order valence-corrected chi connectivity index (χ1v) is 9.71. The quantitative estimate of drug-likeness (QED) is 0.354. The highest BCUT2D eigenvalue weighted by molar-refractivity contribution is 4.86. The SMILES string of the molecule is CCCCCCCC(CCCCCCC)N1CCC(F)(F)C1. The second-order valence-electron chi connectivity index (χ2n) is 7.14. The Morgan fingerprint density at radius 2 is 1.32 bits per heavy atom. The van der Waals surface area contributed by atoms with Crippen molar-refractivity contribution in [3.8, 4) is 0 Å². The third-order valence-corrected chi connectivity index (χ3v) is 5.00. The number of likely N-dealkylation sites (tertiary alicyclic amines) is 1. The van der Waals surface area contributed by atoms with Crippen LogP contribution < -0.4 is 0 Å². The van der Waals surface area contributed by atoms with Crippen molar-refractivity contribution in [1.29, 1.82) is 0 Å². The van der Waals surface area contributed by atoms with Gasteiger partial charge in [0.25, 0.3) is 5.92 Å². The van der Waals surface area contributed by atoms with Crippen LogP contribution in [0.4, 0.5) is 8.78 Å². The van der Waals surface area contributed by atoms with Gasteiger partial charge in [0.2, 0.25) is 0 Å². The molecular formula is C19H37F2N. The van der Waals surface area contributed by atoms with Gasteiger partial charge in [-0.3, -0.25) is 4.90 Å². The van der Waals surface area contributed by atoms with Crippen LogP contribution in [0, 0.1) is 0 Å². The summed E-state index contributed by atoms with van der Waals surface area (Å²) in [6, 6.07) is 0.400. The minimum Gasteiger partial charge on any atom is -0.294 e. The molecule has 0 aromatic carbocycles. The van der Waals surface area contributed by atoms with Crippen molar-refractivity contribution in [2.45, 2.75) is 109 Å². The molecule has 0 saturated carbocycles. The zero-order chi connectivity index (χ0) is 16.3. The fourth-order valence-electron chi connectivity index (χ4n) is 3.55. The molecule has 0 aromatic rings. The van der Waals surface area contributed by atoms with Crippen LogP contribution in [0.1, 0.15) is 97.3 Å². The maximum absolute atomic E-state index is 13.5. The van der Waals surface area contributed by atoms with Crippen molar-refractivity contribution in [3.63, 3.8) is 0 Å². The van der Waals surface area contributed by atoms with Crippen LogP contribution >= 0.6 is 0 Å². The Bertz CT molecular complexity index is 254. The molecule has 0 amide bonds. The van der Waals surface area contributed by atoms with Crippen molar-refractivity contribution in [3.05, 3.63) is 0 Å². The van der Waals surface area contributed by atoms with E-state index in [1.165, 1.54) is 64.2 Å². The summed E-state index contributed by atoms with van der Waals surface area (Å²) in [6.45, 7) is 5.06. The largest absolute Gasteiger partial charge is 0.294 e. The summed E-state index contributed by atoms with van der Waals surface area (Å²) in [7, 11) is 0. The van der Waals surface area contributed by atoms with Crippen molar-refractivity contribution in [2.75, 3.05) is 13.1 Å². The van der Waals surface area contributed by atoms with Crippen molar-refractivity contribution in [1.82, 2.24) is 4.90 Å². The molecule has 132 valence electrons. The summed E-state index contributed by atoms with van der Waals surface area (Å²) < 4.78 is 27.0. The van der Waals surface area contributed by atoms with E-state index in [9.17, 15) is 8.78 Å². The van der Waals surface area contributed by atoms with Gasteiger partial charge in [-0.2, -0.15) is 0 Å². The lowest BCUT2D eigenvalue weighted by Crippen LogP contribution is -2.35. The predicted octanol–water partition coefficient (Wildman–Crippen LogP) is 6.42. The van der Waals surface area contributed by atoms with Crippen LogP contribution in [0.15, 0.2) is 0 Å². The number of rotatable bonds is 13. The van der Waals surface area contributed by atoms with E-state index < -0.39 is 5.92 Å². The average Bonchev–Trinajstić information content (AvgIpc) is 2.84. The monoisotopic (exact) mass is 317 g/mol. The Morgan fingerprint density at radius 1 is 0.818 bits per heavy atom. The zero-order valence-corrected chi connectivity index (χ0v) is 14.9. The van der Waals surface area contributed by atoms with Gasteiger partial charge in [0, 0.05) is 19.0 Å². The van der Waals surface area contributed by atoms with Gasteiger partial charge in [-0.25, -0.2) is 8.78 Å². The van der Waals surface area contributed by atoms with Gasteiger partial charge in [0.05, 0.1) is 6.54 Å². The molecule has 0 aliphatic carbocycles. The molecule has 0 N–H and O–H groups in total. The van der Waals surface area contributed by atoms with E-state index in [-0.39, 0.29) is 13.0 Å². The van der Waals surface area contributed by atoms with Crippen LogP contribution in [-0.2, 0) is 0 Å². The van der Waals surface area contributed by atoms with E-state index >= 15 is 0 Å². The molecule has 3 heteroatoms. The first-order chi connectivity index (χ1) is 10.6. The van der Waals surface area contributed by atoms with Crippen LogP contribution in [0.5, 0.6) is 0 Å². The summed E-state index contributed by atoms with van der Waals surface area (Å²) in [6.07, 6.45) is 15.0. The first-order valence-electron chi connectivity index (χ1n) is 9.71. The van der Waals surface area contributed by atoms with E-state index in [4.69, 9.17) is 0 Å². The number of nitrogens with zero attached hydrogens (tertiary/aromatic N) is 1. The molecule has 1 nitrogen and oxygen atoms in total. The van der Waals surface area contributed by atoms with E-state index in [1.807, 2.05) is 0 Å². The normalized spacial score (nSPS) is 18.4. The minimum absolute atomic E-state index is 0.00157. The molecule has 1 aliphatic heterocycles. The lowest BCUT2D eigenvalue weighted by molar-refractivity contribution is 0.00637. The van der Waals surface area contributed by atoms with Crippen LogP contribution in [0.3, 0.4) is 0 Å². The maximum Gasteiger partial charge on any atom is 0.261 e. The smallest absolute Gasteiger partial charge is 0.261 e. The van der Waals surface area contributed by atoms with E-state index in [0.717, 1.165) is 12.8 Å². The highest BCUT2D eigenvalue weighted by Gasteiger charge is 2.40. The average molecular weight is 318 g/mol. The summed E-state index contributed by atoms with van der Waals surface area (Å²) >= 11 is 0. The molecule has 0 radical (unpaired) electrons. The fraction of sp³-hybridized carbons (Fsp3) is 1.00. The Balaban J connectivity index is 2.29. The number of halogens is 2. The molecule has 1 saturated heterocycles. The number of unbranched alkanes of at least 4 members (excludes halogenated alkanes) is 8. The molecule has 0 spiro atoms. The van der Waals surface area contributed by atoms with Gasteiger partial charge in [0.1, 0.15) is 0 Å². The maximum atomic E-state index is 13.5. The van der Waals surface area contributed by atoms with Crippen LogP contribution in [0.2, 0.25) is 0 Å².